The Labute approximate surface area is 190 Å². The van der Waals surface area contributed by atoms with E-state index >= 15 is 0 Å². The third-order valence-electron chi connectivity index (χ3n) is 5.68. The molecule has 5 rings (SSSR count). The Bertz CT molecular complexity index is 1360. The molecule has 1 aromatic carbocycles. The average Bonchev–Trinajstić information content (AvgIpc) is 3.44. The molecule has 4 heterocycles. The van der Waals surface area contributed by atoms with E-state index in [2.05, 4.69) is 20.2 Å². The second kappa shape index (κ2) is 8.19. The quantitative estimate of drug-likeness (QED) is 0.403. The molecule has 0 saturated carbocycles. The van der Waals surface area contributed by atoms with Crippen molar-refractivity contribution in [2.24, 2.45) is 0 Å². The van der Waals surface area contributed by atoms with E-state index in [0.29, 0.717) is 24.4 Å². The minimum absolute atomic E-state index is 0.0339. The number of benzene rings is 1. The summed E-state index contributed by atoms with van der Waals surface area (Å²) in [5.74, 6) is -0.374. The summed E-state index contributed by atoms with van der Waals surface area (Å²) in [5.41, 5.74) is -1.48. The number of hydrogen-bond donors (Lipinski definition) is 0. The number of alkyl halides is 3. The molecule has 1 unspecified atom stereocenters. The molecule has 1 fully saturated rings. The maximum Gasteiger partial charge on any atom is 0.420 e. The molecule has 34 heavy (non-hydrogen) atoms. The number of aryl methyl sites for hydroxylation is 1. The lowest BCUT2D eigenvalue weighted by Gasteiger charge is -2.32. The van der Waals surface area contributed by atoms with Gasteiger partial charge in [-0.05, 0) is 56.5 Å². The smallest absolute Gasteiger partial charge is 0.337 e. The molecule has 176 valence electrons. The molecular weight excluding hydrogens is 456 g/mol. The number of hydrogen-bond acceptors (Lipinski definition) is 6. The monoisotopic (exact) mass is 474 g/mol. The fourth-order valence-electron chi connectivity index (χ4n) is 4.08. The molecule has 1 aliphatic heterocycles. The Morgan fingerprint density at radius 3 is 2.59 bits per heavy atom. The predicted octanol–water partition coefficient (Wildman–Crippen LogP) is 4.61. The predicted molar refractivity (Wildman–Crippen MR) is 110 cm³/mol. The van der Waals surface area contributed by atoms with Gasteiger partial charge in [0.05, 0.1) is 11.9 Å². The number of halogens is 4. The first-order chi connectivity index (χ1) is 16.2. The van der Waals surface area contributed by atoms with Crippen LogP contribution in [0.5, 0.6) is 0 Å². The molecule has 12 heteroatoms. The normalized spacial score (nSPS) is 16.9. The highest BCUT2D eigenvalue weighted by molar-refractivity contribution is 5.93. The van der Waals surface area contributed by atoms with Gasteiger partial charge in [0, 0.05) is 12.1 Å². The lowest BCUT2D eigenvalue weighted by atomic mass is 10.0. The van der Waals surface area contributed by atoms with Gasteiger partial charge in [-0.2, -0.15) is 23.3 Å². The van der Waals surface area contributed by atoms with Gasteiger partial charge in [0.2, 0.25) is 5.89 Å². The van der Waals surface area contributed by atoms with Crippen molar-refractivity contribution in [2.45, 2.75) is 38.4 Å². The summed E-state index contributed by atoms with van der Waals surface area (Å²) in [6.07, 6.45) is -1.43. The summed E-state index contributed by atoms with van der Waals surface area (Å²) < 4.78 is 61.1. The van der Waals surface area contributed by atoms with Gasteiger partial charge in [0.15, 0.2) is 11.5 Å². The van der Waals surface area contributed by atoms with Crippen LogP contribution in [0.15, 0.2) is 41.1 Å². The zero-order valence-corrected chi connectivity index (χ0v) is 17.9. The molecular formula is C22H18F4N6O2. The summed E-state index contributed by atoms with van der Waals surface area (Å²) in [6, 6.07) is 5.28. The number of amides is 1. The standard InChI is InChI=1S/C22H18F4N6O2/c1-12-27-20(34-30-12)18-4-2-3-9-31(18)21(33)17-11-32-19(28-17)15(22(24,25)26)10-16(29-32)13-5-7-14(23)8-6-13/h5-8,10-11,18H,2-4,9H2,1H3. The Kier molecular flexibility index (Phi) is 5.29. The van der Waals surface area contributed by atoms with E-state index in [0.717, 1.165) is 35.6 Å². The van der Waals surface area contributed by atoms with Crippen molar-refractivity contribution in [1.29, 1.82) is 0 Å². The van der Waals surface area contributed by atoms with Crippen LogP contribution in [-0.2, 0) is 6.18 Å². The fourth-order valence-corrected chi connectivity index (χ4v) is 4.08. The van der Waals surface area contributed by atoms with E-state index in [1.54, 1.807) is 6.92 Å². The summed E-state index contributed by atoms with van der Waals surface area (Å²) in [5, 5.41) is 7.97. The van der Waals surface area contributed by atoms with E-state index in [1.807, 2.05) is 0 Å². The number of carbonyl (C=O) groups excluding carboxylic acids is 1. The molecule has 0 spiro atoms. The van der Waals surface area contributed by atoms with Gasteiger partial charge in [-0.1, -0.05) is 5.16 Å². The second-order valence-electron chi connectivity index (χ2n) is 8.03. The van der Waals surface area contributed by atoms with Crippen molar-refractivity contribution in [1.82, 2.24) is 29.6 Å². The first kappa shape index (κ1) is 22.0. The van der Waals surface area contributed by atoms with Crippen LogP contribution >= 0.6 is 0 Å². The number of likely N-dealkylation sites (tertiary alicyclic amines) is 1. The zero-order valence-electron chi connectivity index (χ0n) is 17.9. The van der Waals surface area contributed by atoms with Crippen LogP contribution in [0.3, 0.4) is 0 Å². The number of carbonyl (C=O) groups is 1. The van der Waals surface area contributed by atoms with Crippen LogP contribution in [0.1, 0.15) is 53.1 Å². The van der Waals surface area contributed by atoms with Gasteiger partial charge in [-0.15, -0.1) is 0 Å². The molecule has 4 aromatic rings. The Morgan fingerprint density at radius 2 is 1.91 bits per heavy atom. The number of nitrogens with zero attached hydrogens (tertiary/aromatic N) is 6. The summed E-state index contributed by atoms with van der Waals surface area (Å²) in [4.78, 5) is 23.0. The van der Waals surface area contributed by atoms with Crippen LogP contribution < -0.4 is 0 Å². The number of imidazole rings is 1. The molecule has 0 bridgehead atoms. The molecule has 1 saturated heterocycles. The molecule has 0 aliphatic carbocycles. The number of piperidine rings is 1. The molecule has 1 amide bonds. The third-order valence-corrected chi connectivity index (χ3v) is 5.68. The summed E-state index contributed by atoms with van der Waals surface area (Å²) in [6.45, 7) is 2.03. The highest BCUT2D eigenvalue weighted by atomic mass is 19.4. The lowest BCUT2D eigenvalue weighted by molar-refractivity contribution is -0.136. The summed E-state index contributed by atoms with van der Waals surface area (Å²) >= 11 is 0. The number of rotatable bonds is 3. The Balaban J connectivity index is 1.57. The molecule has 0 N–H and O–H groups in total. The van der Waals surface area contributed by atoms with Crippen molar-refractivity contribution >= 4 is 11.6 Å². The van der Waals surface area contributed by atoms with Crippen LogP contribution in [0, 0.1) is 12.7 Å². The maximum atomic E-state index is 13.9. The van der Waals surface area contributed by atoms with Gasteiger partial charge < -0.3 is 9.42 Å². The minimum Gasteiger partial charge on any atom is -0.337 e. The van der Waals surface area contributed by atoms with Crippen molar-refractivity contribution in [3.05, 3.63) is 65.3 Å². The molecule has 1 atom stereocenters. The number of fused-ring (bicyclic) bond motifs is 1. The van der Waals surface area contributed by atoms with E-state index < -0.39 is 35.2 Å². The van der Waals surface area contributed by atoms with Crippen LogP contribution in [0.4, 0.5) is 17.6 Å². The maximum absolute atomic E-state index is 13.9. The minimum atomic E-state index is -4.75. The van der Waals surface area contributed by atoms with E-state index in [-0.39, 0.29) is 17.3 Å². The average molecular weight is 474 g/mol. The van der Waals surface area contributed by atoms with Gasteiger partial charge in [0.25, 0.3) is 5.91 Å². The first-order valence-electron chi connectivity index (χ1n) is 10.6. The van der Waals surface area contributed by atoms with Crippen molar-refractivity contribution in [2.75, 3.05) is 6.54 Å². The van der Waals surface area contributed by atoms with Gasteiger partial charge >= 0.3 is 6.18 Å². The van der Waals surface area contributed by atoms with Crippen LogP contribution in [-0.4, -0.2) is 42.1 Å². The second-order valence-corrected chi connectivity index (χ2v) is 8.03. The van der Waals surface area contributed by atoms with Crippen molar-refractivity contribution < 1.29 is 26.9 Å². The highest BCUT2D eigenvalue weighted by Crippen LogP contribution is 2.35. The van der Waals surface area contributed by atoms with Gasteiger partial charge in [0.1, 0.15) is 23.1 Å². The van der Waals surface area contributed by atoms with Crippen molar-refractivity contribution in [3.8, 4) is 11.3 Å². The summed E-state index contributed by atoms with van der Waals surface area (Å²) in [7, 11) is 0. The van der Waals surface area contributed by atoms with Crippen LogP contribution in [0.25, 0.3) is 16.9 Å². The topological polar surface area (TPSA) is 89.4 Å². The van der Waals surface area contributed by atoms with Gasteiger partial charge in [-0.3, -0.25) is 4.79 Å². The Morgan fingerprint density at radius 1 is 1.15 bits per heavy atom. The largest absolute Gasteiger partial charge is 0.420 e. The third kappa shape index (κ3) is 3.99. The van der Waals surface area contributed by atoms with E-state index in [9.17, 15) is 22.4 Å². The van der Waals surface area contributed by atoms with Crippen LogP contribution in [0.2, 0.25) is 0 Å². The molecule has 8 nitrogen and oxygen atoms in total. The Hall–Kier alpha value is -3.83. The SMILES string of the molecule is Cc1noc(C2CCCCN2C(=O)c2cn3nc(-c4ccc(F)cc4)cc(C(F)(F)F)c3n2)n1. The zero-order chi connectivity index (χ0) is 24.0. The molecule has 0 radical (unpaired) electrons. The highest BCUT2D eigenvalue weighted by Gasteiger charge is 2.37. The first-order valence-corrected chi connectivity index (χ1v) is 10.6. The molecule has 1 aliphatic rings. The fraction of sp³-hybridized carbons (Fsp3) is 0.318. The van der Waals surface area contributed by atoms with E-state index in [4.69, 9.17) is 4.52 Å². The number of aromatic nitrogens is 5. The molecule has 3 aromatic heterocycles. The van der Waals surface area contributed by atoms with Crippen molar-refractivity contribution in [3.63, 3.8) is 0 Å². The van der Waals surface area contributed by atoms with Gasteiger partial charge in [-0.25, -0.2) is 13.9 Å². The lowest BCUT2D eigenvalue weighted by Crippen LogP contribution is -2.38. The van der Waals surface area contributed by atoms with E-state index in [1.165, 1.54) is 23.2 Å².